The second-order valence-electron chi connectivity index (χ2n) is 9.88. The Kier molecular flexibility index (Phi) is 7.58. The third-order valence-corrected chi connectivity index (χ3v) is 7.71. The lowest BCUT2D eigenvalue weighted by atomic mass is 9.53. The molecular formula is C29H36N2O3. The van der Waals surface area contributed by atoms with Crippen LogP contribution >= 0.6 is 0 Å². The Morgan fingerprint density at radius 3 is 2.82 bits per heavy atom. The van der Waals surface area contributed by atoms with E-state index in [1.807, 2.05) is 31.2 Å². The average Bonchev–Trinajstić information content (AvgIpc) is 2.84. The highest BCUT2D eigenvalue weighted by Crippen LogP contribution is 2.55. The number of amides is 1. The number of hydrogen-bond donors (Lipinski definition) is 2. The molecule has 0 spiro atoms. The van der Waals surface area contributed by atoms with Crippen molar-refractivity contribution in [1.29, 1.82) is 0 Å². The van der Waals surface area contributed by atoms with Crippen LogP contribution in [0, 0.1) is 17.8 Å². The summed E-state index contributed by atoms with van der Waals surface area (Å²) in [6.07, 6.45) is 12.1. The van der Waals surface area contributed by atoms with Crippen molar-refractivity contribution in [2.75, 3.05) is 0 Å². The third kappa shape index (κ3) is 5.28. The van der Waals surface area contributed by atoms with Crippen LogP contribution in [0.3, 0.4) is 0 Å². The van der Waals surface area contributed by atoms with Gasteiger partial charge < -0.3 is 15.2 Å². The number of carbonyl (C=O) groups is 1. The van der Waals surface area contributed by atoms with Gasteiger partial charge in [0.25, 0.3) is 0 Å². The first kappa shape index (κ1) is 24.3. The first-order valence-corrected chi connectivity index (χ1v) is 12.6. The Morgan fingerprint density at radius 1 is 1.24 bits per heavy atom. The normalized spacial score (nSPS) is 25.3. The average molecular weight is 461 g/mol. The van der Waals surface area contributed by atoms with E-state index in [-0.39, 0.29) is 5.41 Å². The molecule has 2 aromatic rings. The molecule has 0 saturated heterocycles. The third-order valence-electron chi connectivity index (χ3n) is 7.71. The molecular weight excluding hydrogens is 424 g/mol. The quantitative estimate of drug-likeness (QED) is 0.411. The minimum atomic E-state index is -0.860. The summed E-state index contributed by atoms with van der Waals surface area (Å²) in [5.74, 6) is 7.04. The number of fused-ring (bicyclic) bond motifs is 3. The van der Waals surface area contributed by atoms with Gasteiger partial charge in [-0.1, -0.05) is 38.2 Å². The molecule has 3 atom stereocenters. The van der Waals surface area contributed by atoms with Gasteiger partial charge in [-0.2, -0.15) is 0 Å². The molecule has 180 valence electrons. The predicted octanol–water partition coefficient (Wildman–Crippen LogP) is 5.69. The number of rotatable bonds is 7. The van der Waals surface area contributed by atoms with E-state index in [4.69, 9.17) is 4.74 Å². The van der Waals surface area contributed by atoms with E-state index < -0.39 is 11.7 Å². The minimum Gasteiger partial charge on any atom is -0.410 e. The lowest BCUT2D eigenvalue weighted by Gasteiger charge is -2.52. The number of unbranched alkanes of at least 4 members (excludes halogenated alkanes) is 2. The van der Waals surface area contributed by atoms with Crippen molar-refractivity contribution in [3.63, 3.8) is 0 Å². The number of hydrogen-bond acceptors (Lipinski definition) is 4. The van der Waals surface area contributed by atoms with E-state index in [1.54, 1.807) is 12.4 Å². The largest absolute Gasteiger partial charge is 0.412 e. The zero-order valence-corrected chi connectivity index (χ0v) is 20.4. The van der Waals surface area contributed by atoms with Crippen molar-refractivity contribution >= 4 is 6.09 Å². The van der Waals surface area contributed by atoms with E-state index in [1.165, 1.54) is 30.4 Å². The second kappa shape index (κ2) is 10.6. The summed E-state index contributed by atoms with van der Waals surface area (Å²) in [5, 5.41) is 13.9. The molecule has 0 bridgehead atoms. The zero-order valence-electron chi connectivity index (χ0n) is 20.4. The Hall–Kier alpha value is -2.84. The molecule has 2 N–H and O–H groups in total. The van der Waals surface area contributed by atoms with Gasteiger partial charge in [-0.05, 0) is 97.7 Å². The van der Waals surface area contributed by atoms with Crippen LogP contribution in [-0.2, 0) is 18.4 Å². The highest BCUT2D eigenvalue weighted by Gasteiger charge is 2.50. The van der Waals surface area contributed by atoms with Gasteiger partial charge in [0.15, 0.2) is 0 Å². The van der Waals surface area contributed by atoms with Gasteiger partial charge in [0.05, 0.1) is 0 Å². The molecule has 1 aromatic carbocycles. The number of pyridine rings is 1. The van der Waals surface area contributed by atoms with Crippen molar-refractivity contribution in [3.05, 3.63) is 59.4 Å². The number of ether oxygens (including phenoxy) is 1. The van der Waals surface area contributed by atoms with Gasteiger partial charge in [0.2, 0.25) is 0 Å². The molecule has 5 nitrogen and oxygen atoms in total. The number of nitrogens with one attached hydrogen (secondary N) is 1. The molecule has 5 heteroatoms. The van der Waals surface area contributed by atoms with Crippen LogP contribution in [0.4, 0.5) is 4.79 Å². The SMILES string of the molecule is CC#C[C@@]1(O)CC[C@]2(CCCCC)c3ccc(OC(=O)NCc4ccncc4)cc3CC[C@H]2C1. The van der Waals surface area contributed by atoms with Gasteiger partial charge in [-0.3, -0.25) is 4.98 Å². The summed E-state index contributed by atoms with van der Waals surface area (Å²) >= 11 is 0. The molecule has 0 radical (unpaired) electrons. The summed E-state index contributed by atoms with van der Waals surface area (Å²) in [4.78, 5) is 16.4. The molecule has 2 aliphatic rings. The van der Waals surface area contributed by atoms with E-state index in [2.05, 4.69) is 35.1 Å². The second-order valence-corrected chi connectivity index (χ2v) is 9.88. The molecule has 2 aliphatic carbocycles. The molecule has 1 amide bonds. The maximum absolute atomic E-state index is 12.4. The minimum absolute atomic E-state index is 0.0759. The number of nitrogens with zero attached hydrogens (tertiary/aromatic N) is 1. The van der Waals surface area contributed by atoms with Crippen LogP contribution in [0.2, 0.25) is 0 Å². The van der Waals surface area contributed by atoms with Crippen LogP contribution in [0.25, 0.3) is 0 Å². The van der Waals surface area contributed by atoms with Gasteiger partial charge in [0.1, 0.15) is 11.4 Å². The summed E-state index contributed by atoms with van der Waals surface area (Å²) in [5.41, 5.74) is 2.85. The number of aliphatic hydroxyl groups is 1. The van der Waals surface area contributed by atoms with Crippen LogP contribution in [-0.4, -0.2) is 21.8 Å². The fourth-order valence-corrected chi connectivity index (χ4v) is 6.05. The molecule has 34 heavy (non-hydrogen) atoms. The summed E-state index contributed by atoms with van der Waals surface area (Å²) < 4.78 is 5.61. The lowest BCUT2D eigenvalue weighted by Crippen LogP contribution is -2.49. The highest BCUT2D eigenvalue weighted by molar-refractivity contribution is 5.70. The summed E-state index contributed by atoms with van der Waals surface area (Å²) in [6.45, 7) is 4.45. The number of benzene rings is 1. The van der Waals surface area contributed by atoms with Crippen molar-refractivity contribution in [3.8, 4) is 17.6 Å². The van der Waals surface area contributed by atoms with Crippen LogP contribution < -0.4 is 10.1 Å². The standard InChI is InChI=1S/C29H36N2O3/c1-3-5-6-14-29-16-15-28(33,13-4-2)20-24(29)8-7-23-19-25(9-10-26(23)29)34-27(32)31-21-22-11-17-30-18-12-22/h9-12,17-19,24,33H,3,5-8,14-16,20-21H2,1-2H3,(H,31,32)/t24-,28+,29-/m0/s1. The van der Waals surface area contributed by atoms with Crippen molar-refractivity contribution in [1.82, 2.24) is 10.3 Å². The van der Waals surface area contributed by atoms with Crippen LogP contribution in [0.15, 0.2) is 42.7 Å². The molecule has 0 unspecified atom stereocenters. The number of aryl methyl sites for hydroxylation is 1. The van der Waals surface area contributed by atoms with Gasteiger partial charge >= 0.3 is 6.09 Å². The van der Waals surface area contributed by atoms with E-state index >= 15 is 0 Å². The monoisotopic (exact) mass is 460 g/mol. The topological polar surface area (TPSA) is 71.5 Å². The first-order chi connectivity index (χ1) is 16.5. The Morgan fingerprint density at radius 2 is 2.06 bits per heavy atom. The maximum Gasteiger partial charge on any atom is 0.412 e. The smallest absolute Gasteiger partial charge is 0.410 e. The van der Waals surface area contributed by atoms with Gasteiger partial charge in [-0.25, -0.2) is 4.79 Å². The van der Waals surface area contributed by atoms with E-state index in [9.17, 15) is 9.90 Å². The van der Waals surface area contributed by atoms with Crippen molar-refractivity contribution in [2.45, 2.75) is 89.2 Å². The van der Waals surface area contributed by atoms with Crippen LogP contribution in [0.5, 0.6) is 5.75 Å². The molecule has 0 aliphatic heterocycles. The van der Waals surface area contributed by atoms with Crippen LogP contribution in [0.1, 0.15) is 81.9 Å². The van der Waals surface area contributed by atoms with E-state index in [0.717, 1.165) is 37.7 Å². The summed E-state index contributed by atoms with van der Waals surface area (Å²) in [7, 11) is 0. The number of carbonyl (C=O) groups excluding carboxylic acids is 1. The Labute approximate surface area is 203 Å². The molecule has 1 heterocycles. The molecule has 4 rings (SSSR count). The number of aromatic nitrogens is 1. The molecule has 1 fully saturated rings. The lowest BCUT2D eigenvalue weighted by molar-refractivity contribution is -0.0115. The van der Waals surface area contributed by atoms with Gasteiger partial charge in [0, 0.05) is 18.9 Å². The van der Waals surface area contributed by atoms with Gasteiger partial charge in [-0.15, -0.1) is 5.92 Å². The first-order valence-electron chi connectivity index (χ1n) is 12.6. The highest BCUT2D eigenvalue weighted by atomic mass is 16.6. The summed E-state index contributed by atoms with van der Waals surface area (Å²) in [6, 6.07) is 9.89. The Bertz CT molecular complexity index is 1060. The molecule has 1 saturated carbocycles. The zero-order chi connectivity index (χ0) is 24.0. The van der Waals surface area contributed by atoms with Crippen molar-refractivity contribution in [2.24, 2.45) is 5.92 Å². The molecule has 1 aromatic heterocycles. The maximum atomic E-state index is 12.4. The van der Waals surface area contributed by atoms with E-state index in [0.29, 0.717) is 24.6 Å². The fraction of sp³-hybridized carbons (Fsp3) is 0.517. The van der Waals surface area contributed by atoms with Crippen molar-refractivity contribution < 1.29 is 14.6 Å². The fourth-order valence-electron chi connectivity index (χ4n) is 6.05. The Balaban J connectivity index is 1.51. The predicted molar refractivity (Wildman–Crippen MR) is 133 cm³/mol.